The van der Waals surface area contributed by atoms with Crippen molar-refractivity contribution >= 4 is 15.9 Å². The van der Waals surface area contributed by atoms with Gasteiger partial charge in [0.05, 0.1) is 16.7 Å². The first-order valence-corrected chi connectivity index (χ1v) is 9.04. The maximum Gasteiger partial charge on any atom is 0.0632 e. The van der Waals surface area contributed by atoms with Gasteiger partial charge in [-0.15, -0.1) is 0 Å². The number of piperidine rings is 1. The monoisotopic (exact) mass is 337 g/mol. The minimum atomic E-state index is 0.624. The molecule has 0 spiro atoms. The first-order valence-electron chi connectivity index (χ1n) is 8.25. The molecule has 0 radical (unpaired) electrons. The standard InChI is InChI=1S/C16H24BrN3/c17-13-9-18-20(11-13)16-7-14-5-6-15(8-16)19(14)10-12-3-1-2-4-12/h9,11-12,14-16H,1-8,10H2. The van der Waals surface area contributed by atoms with Crippen LogP contribution in [0.1, 0.15) is 57.4 Å². The highest BCUT2D eigenvalue weighted by atomic mass is 79.9. The Morgan fingerprint density at radius 1 is 1.05 bits per heavy atom. The van der Waals surface area contributed by atoms with Crippen molar-refractivity contribution in [2.75, 3.05) is 6.54 Å². The van der Waals surface area contributed by atoms with Gasteiger partial charge < -0.3 is 0 Å². The summed E-state index contributed by atoms with van der Waals surface area (Å²) in [6, 6.07) is 2.27. The van der Waals surface area contributed by atoms with E-state index in [0.717, 1.165) is 22.5 Å². The van der Waals surface area contributed by atoms with Crippen molar-refractivity contribution in [3.8, 4) is 0 Å². The Hall–Kier alpha value is -0.350. The van der Waals surface area contributed by atoms with Gasteiger partial charge in [-0.2, -0.15) is 5.10 Å². The molecule has 4 heteroatoms. The maximum absolute atomic E-state index is 4.52. The zero-order chi connectivity index (χ0) is 13.5. The summed E-state index contributed by atoms with van der Waals surface area (Å²) in [4.78, 5) is 2.87. The molecular weight excluding hydrogens is 314 g/mol. The van der Waals surface area contributed by atoms with Crippen LogP contribution in [0.5, 0.6) is 0 Å². The Morgan fingerprint density at radius 2 is 1.75 bits per heavy atom. The fourth-order valence-electron chi connectivity index (χ4n) is 4.77. The second-order valence-electron chi connectivity index (χ2n) is 7.00. The van der Waals surface area contributed by atoms with Crippen LogP contribution in [0.2, 0.25) is 0 Å². The second-order valence-corrected chi connectivity index (χ2v) is 7.91. The van der Waals surface area contributed by atoms with Gasteiger partial charge in [-0.1, -0.05) is 12.8 Å². The molecule has 3 heterocycles. The van der Waals surface area contributed by atoms with Gasteiger partial charge in [-0.05, 0) is 60.4 Å². The van der Waals surface area contributed by atoms with Crippen molar-refractivity contribution in [2.45, 2.75) is 69.5 Å². The first kappa shape index (κ1) is 13.3. The van der Waals surface area contributed by atoms with E-state index in [2.05, 4.69) is 36.8 Å². The molecule has 2 saturated heterocycles. The molecule has 0 amide bonds. The number of aromatic nitrogens is 2. The molecule has 3 fully saturated rings. The molecule has 0 aromatic carbocycles. The summed E-state index contributed by atoms with van der Waals surface area (Å²) < 4.78 is 3.31. The van der Waals surface area contributed by atoms with Crippen LogP contribution in [0.15, 0.2) is 16.9 Å². The molecule has 2 unspecified atom stereocenters. The number of fused-ring (bicyclic) bond motifs is 2. The smallest absolute Gasteiger partial charge is 0.0632 e. The lowest BCUT2D eigenvalue weighted by atomic mass is 9.95. The Morgan fingerprint density at radius 3 is 2.35 bits per heavy atom. The summed E-state index contributed by atoms with van der Waals surface area (Å²) in [5.41, 5.74) is 0. The van der Waals surface area contributed by atoms with E-state index in [1.807, 2.05) is 6.20 Å². The molecule has 2 aliphatic heterocycles. The van der Waals surface area contributed by atoms with Crippen LogP contribution >= 0.6 is 15.9 Å². The van der Waals surface area contributed by atoms with Crippen LogP contribution in [0.3, 0.4) is 0 Å². The third-order valence-corrected chi connectivity index (χ3v) is 6.16. The molecule has 4 rings (SSSR count). The highest BCUT2D eigenvalue weighted by molar-refractivity contribution is 9.10. The first-order chi connectivity index (χ1) is 9.79. The predicted molar refractivity (Wildman–Crippen MR) is 83.7 cm³/mol. The molecule has 0 N–H and O–H groups in total. The van der Waals surface area contributed by atoms with Crippen molar-refractivity contribution in [3.05, 3.63) is 16.9 Å². The third-order valence-electron chi connectivity index (χ3n) is 5.75. The number of halogens is 1. The van der Waals surface area contributed by atoms with Gasteiger partial charge in [-0.3, -0.25) is 9.58 Å². The second kappa shape index (κ2) is 5.45. The highest BCUT2D eigenvalue weighted by Crippen LogP contribution is 2.42. The molecule has 1 aliphatic carbocycles. The molecular formula is C16H24BrN3. The average molecular weight is 338 g/mol. The quantitative estimate of drug-likeness (QED) is 0.830. The fraction of sp³-hybridized carbons (Fsp3) is 0.812. The number of rotatable bonds is 3. The van der Waals surface area contributed by atoms with E-state index in [4.69, 9.17) is 0 Å². The Labute approximate surface area is 129 Å². The Kier molecular flexibility index (Phi) is 3.63. The van der Waals surface area contributed by atoms with E-state index in [1.54, 1.807) is 0 Å². The SMILES string of the molecule is Brc1cnn(C2CC3CCC(C2)N3CC2CCCC2)c1. The lowest BCUT2D eigenvalue weighted by Crippen LogP contribution is -2.45. The average Bonchev–Trinajstić information content (AvgIpc) is 3.13. The summed E-state index contributed by atoms with van der Waals surface area (Å²) in [5.74, 6) is 0.994. The molecule has 1 aromatic heterocycles. The Balaban J connectivity index is 1.44. The summed E-state index contributed by atoms with van der Waals surface area (Å²) in [6.45, 7) is 1.38. The van der Waals surface area contributed by atoms with Gasteiger partial charge >= 0.3 is 0 Å². The van der Waals surface area contributed by atoms with E-state index in [-0.39, 0.29) is 0 Å². The van der Waals surface area contributed by atoms with Crippen molar-refractivity contribution < 1.29 is 0 Å². The van der Waals surface area contributed by atoms with Crippen molar-refractivity contribution in [3.63, 3.8) is 0 Å². The minimum Gasteiger partial charge on any atom is -0.297 e. The summed E-state index contributed by atoms with van der Waals surface area (Å²) in [5, 5.41) is 4.52. The zero-order valence-electron chi connectivity index (χ0n) is 12.0. The Bertz CT molecular complexity index is 452. The lowest BCUT2D eigenvalue weighted by molar-refractivity contribution is 0.0859. The molecule has 3 aliphatic rings. The third kappa shape index (κ3) is 2.45. The molecule has 2 bridgehead atoms. The van der Waals surface area contributed by atoms with Gasteiger partial charge in [0.2, 0.25) is 0 Å². The molecule has 1 saturated carbocycles. The molecule has 110 valence electrons. The van der Waals surface area contributed by atoms with E-state index in [1.165, 1.54) is 57.9 Å². The van der Waals surface area contributed by atoms with Crippen LogP contribution in [0.25, 0.3) is 0 Å². The van der Waals surface area contributed by atoms with E-state index >= 15 is 0 Å². The summed E-state index contributed by atoms with van der Waals surface area (Å²) in [7, 11) is 0. The van der Waals surface area contributed by atoms with Crippen LogP contribution in [-0.4, -0.2) is 33.3 Å². The topological polar surface area (TPSA) is 21.1 Å². The highest BCUT2D eigenvalue weighted by Gasteiger charge is 2.42. The lowest BCUT2D eigenvalue weighted by Gasteiger charge is -2.40. The number of hydrogen-bond donors (Lipinski definition) is 0. The van der Waals surface area contributed by atoms with Gasteiger partial charge in [0.1, 0.15) is 0 Å². The van der Waals surface area contributed by atoms with Gasteiger partial charge in [0.25, 0.3) is 0 Å². The van der Waals surface area contributed by atoms with E-state index in [0.29, 0.717) is 6.04 Å². The van der Waals surface area contributed by atoms with E-state index < -0.39 is 0 Å². The zero-order valence-corrected chi connectivity index (χ0v) is 13.6. The van der Waals surface area contributed by atoms with Crippen LogP contribution < -0.4 is 0 Å². The normalized spacial score (nSPS) is 35.0. The van der Waals surface area contributed by atoms with Gasteiger partial charge in [-0.25, -0.2) is 0 Å². The fourth-order valence-corrected chi connectivity index (χ4v) is 5.07. The predicted octanol–water partition coefficient (Wildman–Crippen LogP) is 4.00. The van der Waals surface area contributed by atoms with Crippen LogP contribution in [0.4, 0.5) is 0 Å². The largest absolute Gasteiger partial charge is 0.297 e. The number of hydrogen-bond acceptors (Lipinski definition) is 2. The van der Waals surface area contributed by atoms with Crippen molar-refractivity contribution in [2.24, 2.45) is 5.92 Å². The van der Waals surface area contributed by atoms with Gasteiger partial charge in [0, 0.05) is 24.8 Å². The van der Waals surface area contributed by atoms with E-state index in [9.17, 15) is 0 Å². The minimum absolute atomic E-state index is 0.624. The summed E-state index contributed by atoms with van der Waals surface area (Å²) in [6.07, 6.45) is 15.4. The molecule has 1 aromatic rings. The van der Waals surface area contributed by atoms with Crippen molar-refractivity contribution in [1.82, 2.24) is 14.7 Å². The number of nitrogens with zero attached hydrogens (tertiary/aromatic N) is 3. The molecule has 20 heavy (non-hydrogen) atoms. The molecule has 3 nitrogen and oxygen atoms in total. The van der Waals surface area contributed by atoms with Crippen molar-refractivity contribution in [1.29, 1.82) is 0 Å². The molecule has 2 atom stereocenters. The van der Waals surface area contributed by atoms with Crippen LogP contribution in [-0.2, 0) is 0 Å². The summed E-state index contributed by atoms with van der Waals surface area (Å²) >= 11 is 3.52. The maximum atomic E-state index is 4.52. The van der Waals surface area contributed by atoms with Gasteiger partial charge in [0.15, 0.2) is 0 Å². The van der Waals surface area contributed by atoms with Crippen LogP contribution in [0, 0.1) is 5.92 Å².